The van der Waals surface area contributed by atoms with E-state index in [4.69, 9.17) is 20.9 Å². The zero-order valence-electron chi connectivity index (χ0n) is 13.4. The van der Waals surface area contributed by atoms with Gasteiger partial charge in [0.1, 0.15) is 5.75 Å². The van der Waals surface area contributed by atoms with Gasteiger partial charge in [-0.05, 0) is 59.2 Å². The molecule has 0 saturated heterocycles. The fraction of sp³-hybridized carbons (Fsp3) is 0.263. The van der Waals surface area contributed by atoms with Crippen molar-refractivity contribution in [2.24, 2.45) is 0 Å². The van der Waals surface area contributed by atoms with E-state index < -0.39 is 11.1 Å². The number of allylic oxidation sites excluding steroid dienone is 2. The quantitative estimate of drug-likeness (QED) is 0.747. The van der Waals surface area contributed by atoms with Crippen LogP contribution in [0.1, 0.15) is 36.0 Å². The van der Waals surface area contributed by atoms with Crippen LogP contribution in [-0.2, 0) is 16.8 Å². The summed E-state index contributed by atoms with van der Waals surface area (Å²) in [5.41, 5.74) is 5.81. The Hall–Kier alpha value is -1.62. The van der Waals surface area contributed by atoms with Gasteiger partial charge in [0.15, 0.2) is 11.1 Å². The van der Waals surface area contributed by atoms with Gasteiger partial charge in [-0.2, -0.15) is 0 Å². The minimum atomic E-state index is -1.81. The summed E-state index contributed by atoms with van der Waals surface area (Å²) in [5, 5.41) is 0.620. The van der Waals surface area contributed by atoms with Crippen LogP contribution in [0.3, 0.4) is 0 Å². The molecule has 24 heavy (non-hydrogen) atoms. The first kappa shape index (κ1) is 17.2. The molecule has 1 atom stereocenters. The Balaban J connectivity index is 1.94. The molecule has 126 valence electrons. The molecule has 2 aromatic carbocycles. The highest BCUT2D eigenvalue weighted by molar-refractivity contribution is 7.78. The zero-order valence-corrected chi connectivity index (χ0v) is 15.0. The maximum absolute atomic E-state index is 10.9. The predicted octanol–water partition coefficient (Wildman–Crippen LogP) is 5.17. The minimum absolute atomic E-state index is 0.167. The molecule has 1 aliphatic carbocycles. The van der Waals surface area contributed by atoms with Crippen LogP contribution in [0.2, 0.25) is 5.02 Å². The van der Waals surface area contributed by atoms with Crippen molar-refractivity contribution in [2.75, 3.05) is 7.11 Å². The molecule has 0 heterocycles. The molecular weight excluding hydrogens is 344 g/mol. The van der Waals surface area contributed by atoms with Crippen molar-refractivity contribution >= 4 is 33.8 Å². The fourth-order valence-electron chi connectivity index (χ4n) is 3.18. The Morgan fingerprint density at radius 2 is 1.71 bits per heavy atom. The minimum Gasteiger partial charge on any atom is -0.495 e. The largest absolute Gasteiger partial charge is 0.495 e. The summed E-state index contributed by atoms with van der Waals surface area (Å²) in [6.07, 6.45) is 3.18. The molecule has 0 amide bonds. The molecule has 3 rings (SSSR count). The van der Waals surface area contributed by atoms with Crippen molar-refractivity contribution in [2.45, 2.75) is 25.0 Å². The first-order valence-corrected chi connectivity index (χ1v) is 9.46. The van der Waals surface area contributed by atoms with Crippen LogP contribution in [0.25, 0.3) is 11.1 Å². The lowest BCUT2D eigenvalue weighted by Crippen LogP contribution is -1.93. The van der Waals surface area contributed by atoms with Crippen LogP contribution in [0.4, 0.5) is 0 Å². The molecule has 0 radical (unpaired) electrons. The summed E-state index contributed by atoms with van der Waals surface area (Å²) in [7, 11) is 1.61. The number of benzene rings is 2. The van der Waals surface area contributed by atoms with Crippen molar-refractivity contribution in [1.29, 1.82) is 0 Å². The summed E-state index contributed by atoms with van der Waals surface area (Å²) >= 11 is 4.46. The van der Waals surface area contributed by atoms with Gasteiger partial charge in [-0.15, -0.1) is 0 Å². The third-order valence-electron chi connectivity index (χ3n) is 4.31. The van der Waals surface area contributed by atoms with Crippen molar-refractivity contribution in [3.05, 3.63) is 64.2 Å². The highest BCUT2D eigenvalue weighted by Crippen LogP contribution is 2.41. The maximum Gasteiger partial charge on any atom is 0.157 e. The standard InChI is InChI=1S/C19H19ClO3S/c1-23-19-10-9-15(11-18(19)20)17-4-2-3-16(17)14-7-5-13(6-8-14)12-24(21)22/h5-11H,2-4,12H2,1H3,(H,21,22). The lowest BCUT2D eigenvalue weighted by atomic mass is 9.96. The van der Waals surface area contributed by atoms with Crippen LogP contribution in [-0.4, -0.2) is 15.9 Å². The van der Waals surface area contributed by atoms with Crippen molar-refractivity contribution < 1.29 is 13.5 Å². The second kappa shape index (κ2) is 7.51. The van der Waals surface area contributed by atoms with Gasteiger partial charge in [-0.3, -0.25) is 0 Å². The third-order valence-corrected chi connectivity index (χ3v) is 5.19. The zero-order chi connectivity index (χ0) is 17.1. The molecule has 1 aliphatic rings. The molecule has 0 bridgehead atoms. The fourth-order valence-corrected chi connectivity index (χ4v) is 3.91. The Morgan fingerprint density at radius 1 is 1.08 bits per heavy atom. The third kappa shape index (κ3) is 3.72. The first-order valence-electron chi connectivity index (χ1n) is 7.81. The summed E-state index contributed by atoms with van der Waals surface area (Å²) in [5.74, 6) is 0.849. The Bertz CT molecular complexity index is 797. The molecule has 2 aromatic rings. The van der Waals surface area contributed by atoms with E-state index in [1.165, 1.54) is 16.7 Å². The van der Waals surface area contributed by atoms with E-state index >= 15 is 0 Å². The van der Waals surface area contributed by atoms with E-state index in [0.29, 0.717) is 10.8 Å². The lowest BCUT2D eigenvalue weighted by molar-refractivity contribution is 0.415. The molecule has 3 nitrogen and oxygen atoms in total. The number of methoxy groups -OCH3 is 1. The van der Waals surface area contributed by atoms with Crippen molar-refractivity contribution in [1.82, 2.24) is 0 Å². The first-order chi connectivity index (χ1) is 11.6. The maximum atomic E-state index is 10.9. The van der Waals surface area contributed by atoms with E-state index in [1.54, 1.807) is 7.11 Å². The molecule has 0 aromatic heterocycles. The van der Waals surface area contributed by atoms with Crippen LogP contribution < -0.4 is 4.74 Å². The van der Waals surface area contributed by atoms with Gasteiger partial charge in [-0.1, -0.05) is 41.9 Å². The monoisotopic (exact) mass is 362 g/mol. The van der Waals surface area contributed by atoms with E-state index in [9.17, 15) is 4.21 Å². The summed E-state index contributed by atoms with van der Waals surface area (Å²) in [6, 6.07) is 13.8. The molecule has 5 heteroatoms. The molecule has 0 saturated carbocycles. The van der Waals surface area contributed by atoms with Gasteiger partial charge >= 0.3 is 0 Å². The highest BCUT2D eigenvalue weighted by atomic mass is 35.5. The van der Waals surface area contributed by atoms with Crippen LogP contribution >= 0.6 is 11.6 Å². The topological polar surface area (TPSA) is 46.5 Å². The van der Waals surface area contributed by atoms with Gasteiger partial charge in [0.05, 0.1) is 17.9 Å². The van der Waals surface area contributed by atoms with Gasteiger partial charge in [0, 0.05) is 0 Å². The Labute approximate surface area is 149 Å². The average molecular weight is 363 g/mol. The van der Waals surface area contributed by atoms with Crippen LogP contribution in [0.15, 0.2) is 42.5 Å². The molecule has 1 unspecified atom stereocenters. The second-order valence-electron chi connectivity index (χ2n) is 5.82. The summed E-state index contributed by atoms with van der Waals surface area (Å²) in [6.45, 7) is 0. The molecule has 0 spiro atoms. The number of hydrogen-bond acceptors (Lipinski definition) is 2. The van der Waals surface area contributed by atoms with E-state index in [2.05, 4.69) is 6.07 Å². The summed E-state index contributed by atoms with van der Waals surface area (Å²) in [4.78, 5) is 0. The van der Waals surface area contributed by atoms with Crippen LogP contribution in [0, 0.1) is 0 Å². The average Bonchev–Trinajstić information content (AvgIpc) is 3.04. The van der Waals surface area contributed by atoms with Crippen molar-refractivity contribution in [3.8, 4) is 5.75 Å². The highest BCUT2D eigenvalue weighted by Gasteiger charge is 2.18. The molecule has 1 N–H and O–H groups in total. The molecule has 0 aliphatic heterocycles. The number of halogens is 1. The Morgan fingerprint density at radius 3 is 2.29 bits per heavy atom. The van der Waals surface area contributed by atoms with E-state index in [-0.39, 0.29) is 5.75 Å². The SMILES string of the molecule is COc1ccc(C2=C(c3ccc(CS(=O)O)cc3)CCC2)cc1Cl. The van der Waals surface area contributed by atoms with Gasteiger partial charge in [0.2, 0.25) is 0 Å². The van der Waals surface area contributed by atoms with Gasteiger partial charge in [-0.25, -0.2) is 4.21 Å². The normalized spacial score (nSPS) is 15.6. The Kier molecular flexibility index (Phi) is 5.39. The van der Waals surface area contributed by atoms with Crippen LogP contribution in [0.5, 0.6) is 5.75 Å². The summed E-state index contributed by atoms with van der Waals surface area (Å²) < 4.78 is 25.1. The van der Waals surface area contributed by atoms with Crippen molar-refractivity contribution in [3.63, 3.8) is 0 Å². The smallest absolute Gasteiger partial charge is 0.157 e. The molecular formula is C19H19ClO3S. The van der Waals surface area contributed by atoms with Gasteiger partial charge in [0.25, 0.3) is 0 Å². The molecule has 0 fully saturated rings. The number of hydrogen-bond donors (Lipinski definition) is 1. The van der Waals surface area contributed by atoms with Gasteiger partial charge < -0.3 is 9.29 Å². The second-order valence-corrected chi connectivity index (χ2v) is 7.16. The van der Waals surface area contributed by atoms with E-state index in [0.717, 1.165) is 30.4 Å². The lowest BCUT2D eigenvalue weighted by Gasteiger charge is -2.11. The number of rotatable bonds is 5. The van der Waals surface area contributed by atoms with E-state index in [1.807, 2.05) is 36.4 Å². The number of ether oxygens (including phenoxy) is 1. The predicted molar refractivity (Wildman–Crippen MR) is 99.6 cm³/mol.